The Kier molecular flexibility index (Phi) is 9.97. The van der Waals surface area contributed by atoms with E-state index in [1.807, 2.05) is 0 Å². The van der Waals surface area contributed by atoms with Crippen molar-refractivity contribution in [3.8, 4) is 0 Å². The quantitative estimate of drug-likeness (QED) is 0.606. The molecule has 0 spiro atoms. The number of rotatable bonds is 6. The third kappa shape index (κ3) is 6.12. The van der Waals surface area contributed by atoms with E-state index >= 15 is 0 Å². The highest BCUT2D eigenvalue weighted by atomic mass is 16.8. The summed E-state index contributed by atoms with van der Waals surface area (Å²) in [5, 5.41) is 29.5. The zero-order valence-electron chi connectivity index (χ0n) is 17.3. The van der Waals surface area contributed by atoms with Crippen molar-refractivity contribution < 1.29 is 29.5 Å². The van der Waals surface area contributed by atoms with E-state index in [0.717, 1.165) is 18.8 Å². The Labute approximate surface area is 164 Å². The van der Waals surface area contributed by atoms with Crippen LogP contribution in [0, 0.1) is 11.8 Å². The fourth-order valence-corrected chi connectivity index (χ4v) is 4.35. The molecule has 6 unspecified atom stereocenters. The van der Waals surface area contributed by atoms with E-state index in [1.54, 1.807) is 0 Å². The number of ether oxygens (including phenoxy) is 3. The lowest BCUT2D eigenvalue weighted by atomic mass is 9.79. The van der Waals surface area contributed by atoms with Gasteiger partial charge < -0.3 is 29.5 Å². The first-order valence-corrected chi connectivity index (χ1v) is 11.0. The van der Waals surface area contributed by atoms with Crippen LogP contribution in [0.4, 0.5) is 0 Å². The smallest absolute Gasteiger partial charge is 0.184 e. The van der Waals surface area contributed by atoms with E-state index in [2.05, 4.69) is 20.8 Å². The van der Waals surface area contributed by atoms with Gasteiger partial charge >= 0.3 is 0 Å². The zero-order valence-corrected chi connectivity index (χ0v) is 17.3. The Morgan fingerprint density at radius 2 is 1.48 bits per heavy atom. The topological polar surface area (TPSA) is 88.4 Å². The van der Waals surface area contributed by atoms with Crippen LogP contribution < -0.4 is 0 Å². The summed E-state index contributed by atoms with van der Waals surface area (Å²) in [7, 11) is 0. The van der Waals surface area contributed by atoms with Crippen molar-refractivity contribution >= 4 is 0 Å². The molecular weight excluding hydrogens is 348 g/mol. The minimum atomic E-state index is -1.16. The van der Waals surface area contributed by atoms with Crippen molar-refractivity contribution in [2.45, 2.75) is 116 Å². The first kappa shape index (κ1) is 23.0. The van der Waals surface area contributed by atoms with Crippen LogP contribution >= 0.6 is 0 Å². The van der Waals surface area contributed by atoms with Gasteiger partial charge in [0.05, 0.1) is 6.61 Å². The molecule has 6 atom stereocenters. The second-order valence-electron chi connectivity index (χ2n) is 8.29. The number of hydrogen-bond acceptors (Lipinski definition) is 6. The normalized spacial score (nSPS) is 41.6. The zero-order chi connectivity index (χ0) is 19.8. The predicted molar refractivity (Wildman–Crippen MR) is 103 cm³/mol. The first-order valence-electron chi connectivity index (χ1n) is 11.0. The molecule has 160 valence electrons. The van der Waals surface area contributed by atoms with E-state index in [-0.39, 0.29) is 12.9 Å². The van der Waals surface area contributed by atoms with Gasteiger partial charge in [-0.25, -0.2) is 0 Å². The molecule has 3 N–H and O–H groups in total. The minimum absolute atomic E-state index is 0.310. The standard InChI is InChI=1S/C18H32O6.C3H8/c1-2-3-4-5-11-6-8-12(9-7-11)18-23-15-14(20)13(10-19)22-17(21)16(15)24-18;1-3-2/h11-21H,2-10H2,1H3;3H2,1-2H3. The average Bonchev–Trinajstić information content (AvgIpc) is 3.12. The van der Waals surface area contributed by atoms with Crippen molar-refractivity contribution in [3.05, 3.63) is 0 Å². The van der Waals surface area contributed by atoms with Crippen LogP contribution in [0.1, 0.15) is 78.6 Å². The number of aliphatic hydroxyl groups excluding tert-OH is 3. The molecule has 0 aromatic rings. The summed E-state index contributed by atoms with van der Waals surface area (Å²) in [4.78, 5) is 0. The van der Waals surface area contributed by atoms with Crippen molar-refractivity contribution in [3.63, 3.8) is 0 Å². The molecule has 3 fully saturated rings. The third-order valence-electron chi connectivity index (χ3n) is 5.89. The lowest BCUT2D eigenvalue weighted by Gasteiger charge is -2.36. The van der Waals surface area contributed by atoms with Crippen LogP contribution in [-0.4, -0.2) is 58.9 Å². The molecule has 0 radical (unpaired) electrons. The average molecular weight is 389 g/mol. The second kappa shape index (κ2) is 11.7. The van der Waals surface area contributed by atoms with Crippen LogP contribution in [0.5, 0.6) is 0 Å². The summed E-state index contributed by atoms with van der Waals surface area (Å²) in [6.07, 6.45) is 6.38. The van der Waals surface area contributed by atoms with Gasteiger partial charge in [-0.2, -0.15) is 0 Å². The van der Waals surface area contributed by atoms with E-state index < -0.39 is 30.7 Å². The SMILES string of the molecule is CCC.CCCCCC1CCC(C2OC3C(O)OC(CO)C(O)C3O2)CC1. The monoisotopic (exact) mass is 388 g/mol. The number of aliphatic hydroxyl groups is 3. The Bertz CT molecular complexity index is 398. The molecule has 2 heterocycles. The van der Waals surface area contributed by atoms with E-state index in [9.17, 15) is 15.3 Å². The molecule has 2 aliphatic heterocycles. The number of unbranched alkanes of at least 4 members (excludes halogenated alkanes) is 2. The summed E-state index contributed by atoms with van der Waals surface area (Å²) in [6, 6.07) is 0. The maximum atomic E-state index is 10.2. The highest BCUT2D eigenvalue weighted by Gasteiger charge is 2.53. The minimum Gasteiger partial charge on any atom is -0.394 e. The van der Waals surface area contributed by atoms with Gasteiger partial charge in [-0.1, -0.05) is 52.9 Å². The highest BCUT2D eigenvalue weighted by molar-refractivity contribution is 4.95. The van der Waals surface area contributed by atoms with E-state index in [1.165, 1.54) is 44.9 Å². The summed E-state index contributed by atoms with van der Waals surface area (Å²) < 4.78 is 17.0. The molecular formula is C21H40O6. The van der Waals surface area contributed by atoms with Gasteiger partial charge in [0.1, 0.15) is 24.4 Å². The highest BCUT2D eigenvalue weighted by Crippen LogP contribution is 2.40. The molecule has 6 heteroatoms. The van der Waals surface area contributed by atoms with Gasteiger partial charge in [-0.3, -0.25) is 0 Å². The Morgan fingerprint density at radius 3 is 2.07 bits per heavy atom. The van der Waals surface area contributed by atoms with Crippen molar-refractivity contribution in [1.82, 2.24) is 0 Å². The lowest BCUT2D eigenvalue weighted by Crippen LogP contribution is -2.57. The molecule has 0 aromatic heterocycles. The summed E-state index contributed by atoms with van der Waals surface area (Å²) in [5.74, 6) is 1.12. The van der Waals surface area contributed by atoms with Crippen LogP contribution in [0.15, 0.2) is 0 Å². The Morgan fingerprint density at radius 1 is 0.852 bits per heavy atom. The number of hydrogen-bond donors (Lipinski definition) is 3. The lowest BCUT2D eigenvalue weighted by molar-refractivity contribution is -0.262. The molecule has 3 rings (SSSR count). The summed E-state index contributed by atoms with van der Waals surface area (Å²) >= 11 is 0. The maximum Gasteiger partial charge on any atom is 0.184 e. The molecule has 27 heavy (non-hydrogen) atoms. The molecule has 0 amide bonds. The van der Waals surface area contributed by atoms with Crippen molar-refractivity contribution in [2.24, 2.45) is 11.8 Å². The van der Waals surface area contributed by atoms with Gasteiger partial charge in [0.25, 0.3) is 0 Å². The fourth-order valence-electron chi connectivity index (χ4n) is 4.35. The van der Waals surface area contributed by atoms with Crippen LogP contribution in [-0.2, 0) is 14.2 Å². The molecule has 0 bridgehead atoms. The second-order valence-corrected chi connectivity index (χ2v) is 8.29. The maximum absolute atomic E-state index is 10.2. The van der Waals surface area contributed by atoms with Crippen molar-refractivity contribution in [1.29, 1.82) is 0 Å². The molecule has 3 aliphatic rings. The van der Waals surface area contributed by atoms with Crippen LogP contribution in [0.25, 0.3) is 0 Å². The van der Waals surface area contributed by atoms with Gasteiger partial charge in [-0.05, 0) is 31.6 Å². The van der Waals surface area contributed by atoms with E-state index in [4.69, 9.17) is 14.2 Å². The van der Waals surface area contributed by atoms with Gasteiger partial charge in [-0.15, -0.1) is 0 Å². The molecule has 0 aromatic carbocycles. The molecule has 2 saturated heterocycles. The van der Waals surface area contributed by atoms with Crippen LogP contribution in [0.3, 0.4) is 0 Å². The largest absolute Gasteiger partial charge is 0.394 e. The summed E-state index contributed by atoms with van der Waals surface area (Å²) in [5.41, 5.74) is 0. The van der Waals surface area contributed by atoms with Gasteiger partial charge in [0.2, 0.25) is 0 Å². The van der Waals surface area contributed by atoms with Crippen LogP contribution in [0.2, 0.25) is 0 Å². The number of fused-ring (bicyclic) bond motifs is 1. The van der Waals surface area contributed by atoms with Crippen molar-refractivity contribution in [2.75, 3.05) is 6.61 Å². The third-order valence-corrected chi connectivity index (χ3v) is 5.89. The predicted octanol–water partition coefficient (Wildman–Crippen LogP) is 2.97. The first-order chi connectivity index (χ1) is 13.0. The molecule has 1 saturated carbocycles. The fraction of sp³-hybridized carbons (Fsp3) is 1.00. The molecule has 6 nitrogen and oxygen atoms in total. The van der Waals surface area contributed by atoms with E-state index in [0.29, 0.717) is 5.92 Å². The Hall–Kier alpha value is -0.240. The molecule has 1 aliphatic carbocycles. The van der Waals surface area contributed by atoms with Gasteiger partial charge in [0.15, 0.2) is 12.6 Å². The van der Waals surface area contributed by atoms with Gasteiger partial charge in [0, 0.05) is 5.92 Å². The Balaban J connectivity index is 0.000000817. The summed E-state index contributed by atoms with van der Waals surface area (Å²) in [6.45, 7) is 6.14.